The first-order valence-corrected chi connectivity index (χ1v) is 7.89. The molecule has 2 nitrogen and oxygen atoms in total. The second-order valence-corrected chi connectivity index (χ2v) is 7.25. The van der Waals surface area contributed by atoms with Crippen molar-refractivity contribution < 1.29 is 4.74 Å². The standard InChI is InChI=1S/C16H24BrNO/c1-16(2,3)13-4-5-15(14(17)10-13)19-11-12-6-8-18-9-7-12/h4-5,10,12,18H,6-9,11H2,1-3H3. The number of benzene rings is 1. The fourth-order valence-electron chi connectivity index (χ4n) is 2.34. The van der Waals surface area contributed by atoms with Crippen LogP contribution in [0.2, 0.25) is 0 Å². The first-order valence-electron chi connectivity index (χ1n) is 7.10. The van der Waals surface area contributed by atoms with Gasteiger partial charge >= 0.3 is 0 Å². The van der Waals surface area contributed by atoms with Crippen LogP contribution in [0.1, 0.15) is 39.2 Å². The molecule has 1 aliphatic heterocycles. The van der Waals surface area contributed by atoms with Gasteiger partial charge in [-0.2, -0.15) is 0 Å². The molecule has 1 N–H and O–H groups in total. The van der Waals surface area contributed by atoms with E-state index in [1.54, 1.807) is 0 Å². The minimum Gasteiger partial charge on any atom is -0.492 e. The SMILES string of the molecule is CC(C)(C)c1ccc(OCC2CCNCC2)c(Br)c1. The Morgan fingerprint density at radius 1 is 1.26 bits per heavy atom. The van der Waals surface area contributed by atoms with Crippen LogP contribution < -0.4 is 10.1 Å². The van der Waals surface area contributed by atoms with E-state index in [9.17, 15) is 0 Å². The predicted octanol–water partition coefficient (Wildman–Crippen LogP) is 4.13. The topological polar surface area (TPSA) is 21.3 Å². The molecule has 0 atom stereocenters. The highest BCUT2D eigenvalue weighted by atomic mass is 79.9. The second kappa shape index (κ2) is 6.27. The van der Waals surface area contributed by atoms with Gasteiger partial charge in [-0.3, -0.25) is 0 Å². The molecule has 1 fully saturated rings. The van der Waals surface area contributed by atoms with Crippen LogP contribution >= 0.6 is 15.9 Å². The molecular formula is C16H24BrNO. The molecule has 1 aliphatic rings. The summed E-state index contributed by atoms with van der Waals surface area (Å²) in [6.45, 7) is 9.75. The summed E-state index contributed by atoms with van der Waals surface area (Å²) in [5.74, 6) is 1.65. The Morgan fingerprint density at radius 2 is 1.95 bits per heavy atom. The quantitative estimate of drug-likeness (QED) is 0.902. The van der Waals surface area contributed by atoms with Gasteiger partial charge in [0.05, 0.1) is 11.1 Å². The summed E-state index contributed by atoms with van der Waals surface area (Å²) in [5, 5.41) is 3.38. The highest BCUT2D eigenvalue weighted by Gasteiger charge is 2.17. The Labute approximate surface area is 125 Å². The van der Waals surface area contributed by atoms with E-state index in [0.717, 1.165) is 29.9 Å². The van der Waals surface area contributed by atoms with Crippen molar-refractivity contribution in [3.05, 3.63) is 28.2 Å². The summed E-state index contributed by atoms with van der Waals surface area (Å²) in [5.41, 5.74) is 1.50. The van der Waals surface area contributed by atoms with Gasteiger partial charge < -0.3 is 10.1 Å². The Hall–Kier alpha value is -0.540. The summed E-state index contributed by atoms with van der Waals surface area (Å²) < 4.78 is 7.03. The summed E-state index contributed by atoms with van der Waals surface area (Å²) >= 11 is 3.63. The Kier molecular flexibility index (Phi) is 4.91. The molecule has 0 radical (unpaired) electrons. The monoisotopic (exact) mass is 325 g/mol. The lowest BCUT2D eigenvalue weighted by atomic mass is 9.87. The van der Waals surface area contributed by atoms with Crippen molar-refractivity contribution in [1.29, 1.82) is 0 Å². The molecule has 0 aliphatic carbocycles. The maximum absolute atomic E-state index is 5.97. The van der Waals surface area contributed by atoms with Gasteiger partial charge in [-0.25, -0.2) is 0 Å². The van der Waals surface area contributed by atoms with Crippen LogP contribution in [0, 0.1) is 5.92 Å². The Bertz CT molecular complexity index is 419. The zero-order valence-corrected chi connectivity index (χ0v) is 13.7. The number of hydrogen-bond donors (Lipinski definition) is 1. The van der Waals surface area contributed by atoms with E-state index in [-0.39, 0.29) is 5.41 Å². The average molecular weight is 326 g/mol. The minimum atomic E-state index is 0.177. The Morgan fingerprint density at radius 3 is 2.53 bits per heavy atom. The third kappa shape index (κ3) is 4.22. The molecular weight excluding hydrogens is 302 g/mol. The summed E-state index contributed by atoms with van der Waals surface area (Å²) in [4.78, 5) is 0. The Balaban J connectivity index is 1.97. The van der Waals surface area contributed by atoms with Gasteiger partial charge in [0.25, 0.3) is 0 Å². The van der Waals surface area contributed by atoms with Crippen molar-refractivity contribution in [2.75, 3.05) is 19.7 Å². The van der Waals surface area contributed by atoms with Gasteiger partial charge in [0, 0.05) is 0 Å². The molecule has 0 spiro atoms. The number of rotatable bonds is 3. The normalized spacial score (nSPS) is 17.5. The van der Waals surface area contributed by atoms with Crippen molar-refractivity contribution in [3.8, 4) is 5.75 Å². The van der Waals surface area contributed by atoms with Gasteiger partial charge in [-0.05, 0) is 70.9 Å². The van der Waals surface area contributed by atoms with Crippen LogP contribution in [-0.2, 0) is 5.41 Å². The van der Waals surface area contributed by atoms with Crippen LogP contribution in [0.5, 0.6) is 5.75 Å². The molecule has 106 valence electrons. The summed E-state index contributed by atoms with van der Waals surface area (Å²) in [6, 6.07) is 6.44. The molecule has 0 unspecified atom stereocenters. The minimum absolute atomic E-state index is 0.177. The van der Waals surface area contributed by atoms with Gasteiger partial charge in [0.15, 0.2) is 0 Å². The highest BCUT2D eigenvalue weighted by Crippen LogP contribution is 2.32. The van der Waals surface area contributed by atoms with Gasteiger partial charge in [0.1, 0.15) is 5.75 Å². The second-order valence-electron chi connectivity index (χ2n) is 6.40. The molecule has 0 amide bonds. The van der Waals surface area contributed by atoms with Crippen LogP contribution in [0.3, 0.4) is 0 Å². The van der Waals surface area contributed by atoms with Crippen LogP contribution in [0.15, 0.2) is 22.7 Å². The van der Waals surface area contributed by atoms with Gasteiger partial charge in [-0.15, -0.1) is 0 Å². The maximum atomic E-state index is 5.97. The molecule has 1 heterocycles. The number of halogens is 1. The van der Waals surface area contributed by atoms with E-state index < -0.39 is 0 Å². The first-order chi connectivity index (χ1) is 8.97. The number of hydrogen-bond acceptors (Lipinski definition) is 2. The van der Waals surface area contributed by atoms with Crippen LogP contribution in [0.4, 0.5) is 0 Å². The number of piperidine rings is 1. The fourth-order valence-corrected chi connectivity index (χ4v) is 2.83. The van der Waals surface area contributed by atoms with E-state index in [1.807, 2.05) is 0 Å². The number of ether oxygens (including phenoxy) is 1. The van der Waals surface area contributed by atoms with E-state index in [2.05, 4.69) is 60.2 Å². The third-order valence-electron chi connectivity index (χ3n) is 3.73. The third-order valence-corrected chi connectivity index (χ3v) is 4.35. The molecule has 2 rings (SSSR count). The van der Waals surface area contributed by atoms with Gasteiger partial charge in [-0.1, -0.05) is 26.8 Å². The molecule has 3 heteroatoms. The predicted molar refractivity (Wildman–Crippen MR) is 83.9 cm³/mol. The van der Waals surface area contributed by atoms with Crippen LogP contribution in [-0.4, -0.2) is 19.7 Å². The molecule has 0 bridgehead atoms. The van der Waals surface area contributed by atoms with E-state index >= 15 is 0 Å². The molecule has 1 aromatic rings. The first kappa shape index (κ1) is 14.9. The van der Waals surface area contributed by atoms with E-state index in [1.165, 1.54) is 18.4 Å². The molecule has 1 aromatic carbocycles. The molecule has 1 saturated heterocycles. The van der Waals surface area contributed by atoms with Gasteiger partial charge in [0.2, 0.25) is 0 Å². The van der Waals surface area contributed by atoms with E-state index in [4.69, 9.17) is 4.74 Å². The zero-order valence-electron chi connectivity index (χ0n) is 12.1. The summed E-state index contributed by atoms with van der Waals surface area (Å²) in [7, 11) is 0. The van der Waals surface area contributed by atoms with Crippen molar-refractivity contribution in [3.63, 3.8) is 0 Å². The average Bonchev–Trinajstić information content (AvgIpc) is 2.37. The molecule has 0 saturated carbocycles. The van der Waals surface area contributed by atoms with Crippen molar-refractivity contribution in [2.24, 2.45) is 5.92 Å². The van der Waals surface area contributed by atoms with Crippen molar-refractivity contribution in [2.45, 2.75) is 39.0 Å². The van der Waals surface area contributed by atoms with Crippen molar-refractivity contribution >= 4 is 15.9 Å². The van der Waals surface area contributed by atoms with E-state index in [0.29, 0.717) is 5.92 Å². The molecule has 19 heavy (non-hydrogen) atoms. The maximum Gasteiger partial charge on any atom is 0.133 e. The van der Waals surface area contributed by atoms with Crippen LogP contribution in [0.25, 0.3) is 0 Å². The lowest BCUT2D eigenvalue weighted by molar-refractivity contribution is 0.214. The number of nitrogens with one attached hydrogen (secondary N) is 1. The molecule has 0 aromatic heterocycles. The fraction of sp³-hybridized carbons (Fsp3) is 0.625. The lowest BCUT2D eigenvalue weighted by Crippen LogP contribution is -2.30. The summed E-state index contributed by atoms with van der Waals surface area (Å²) in [6.07, 6.45) is 2.44. The zero-order chi connectivity index (χ0) is 13.9. The highest BCUT2D eigenvalue weighted by molar-refractivity contribution is 9.10. The smallest absolute Gasteiger partial charge is 0.133 e. The lowest BCUT2D eigenvalue weighted by Gasteiger charge is -2.24. The van der Waals surface area contributed by atoms with Crippen molar-refractivity contribution in [1.82, 2.24) is 5.32 Å². The largest absolute Gasteiger partial charge is 0.492 e.